The zero-order chi connectivity index (χ0) is 60.9. The number of methoxy groups -OCH3 is 1. The van der Waals surface area contributed by atoms with Gasteiger partial charge in [-0.15, -0.1) is 0 Å². The number of piperazine rings is 1. The van der Waals surface area contributed by atoms with Crippen LogP contribution in [0.2, 0.25) is 0 Å². The molecule has 3 atom stereocenters. The van der Waals surface area contributed by atoms with Crippen molar-refractivity contribution in [3.8, 4) is 17.4 Å². The van der Waals surface area contributed by atoms with Crippen molar-refractivity contribution in [1.29, 1.82) is 0 Å². The number of rotatable bonds is 17. The Morgan fingerprint density at radius 2 is 1.69 bits per heavy atom. The molecule has 22 nitrogen and oxygen atoms in total. The Bertz CT molecular complexity index is 3650. The maximum Gasteiger partial charge on any atom is 0.293 e. The summed E-state index contributed by atoms with van der Waals surface area (Å²) in [6.45, 7) is 15.0. The molecule has 3 aromatic carbocycles. The lowest BCUT2D eigenvalue weighted by Gasteiger charge is -2.58. The average Bonchev–Trinajstić information content (AvgIpc) is 0.974. The number of nitro groups is 1. The molecule has 2 saturated carbocycles. The number of hydrogen-bond donors (Lipinski definition) is 4. The molecule has 2 aliphatic carbocycles. The molecule has 468 valence electrons. The normalized spacial score (nSPS) is 24.3. The molecule has 7 aliphatic rings. The number of anilines is 5. The Labute approximate surface area is 514 Å². The number of sulfonamides is 1. The van der Waals surface area contributed by atoms with Gasteiger partial charge in [-0.2, -0.15) is 4.98 Å². The second-order valence-electron chi connectivity index (χ2n) is 25.8. The molecular formula is C65H81N11O11S. The zero-order valence-corrected chi connectivity index (χ0v) is 51.5. The van der Waals surface area contributed by atoms with Crippen LogP contribution in [0.3, 0.4) is 0 Å². The van der Waals surface area contributed by atoms with Crippen LogP contribution >= 0.6 is 0 Å². The summed E-state index contributed by atoms with van der Waals surface area (Å²) in [5.41, 5.74) is 4.23. The van der Waals surface area contributed by atoms with Gasteiger partial charge in [0.1, 0.15) is 28.9 Å². The van der Waals surface area contributed by atoms with E-state index in [0.717, 1.165) is 131 Å². The fourth-order valence-electron chi connectivity index (χ4n) is 14.7. The number of hydrogen-bond acceptors (Lipinski definition) is 19. The van der Waals surface area contributed by atoms with Crippen LogP contribution in [0.25, 0.3) is 11.0 Å². The van der Waals surface area contributed by atoms with Crippen molar-refractivity contribution in [2.24, 2.45) is 11.3 Å². The molecule has 0 unspecified atom stereocenters. The van der Waals surface area contributed by atoms with Crippen molar-refractivity contribution in [3.05, 3.63) is 118 Å². The maximum absolute atomic E-state index is 14.9. The highest BCUT2D eigenvalue weighted by molar-refractivity contribution is 7.90. The highest BCUT2D eigenvalue weighted by Crippen LogP contribution is 2.54. The SMILES string of the molecule is COc1cc(CN2CCN(C3CC4(CCN(c5ccc(C(=O)NS(=O)(=O)c6ccc(NCC7CCC(C)(O)CC7)c([N+](=O)[O-])c6)c(N6c7cc8cc[nH]c8nc7O[C@H]7COCC[C@@H]76)c5)CC4)C3)[C@@H](c3ccccc3OC(C)C)C2)cnc1N1CCOCC1. The van der Waals surface area contributed by atoms with Crippen LogP contribution in [-0.2, 0) is 26.0 Å². The van der Waals surface area contributed by atoms with Crippen LogP contribution in [-0.4, -0.2) is 165 Å². The number of fused-ring (bicyclic) bond motifs is 3. The summed E-state index contributed by atoms with van der Waals surface area (Å²) in [5, 5.41) is 26.9. The summed E-state index contributed by atoms with van der Waals surface area (Å²) in [4.78, 5) is 51.3. The van der Waals surface area contributed by atoms with E-state index < -0.39 is 43.1 Å². The van der Waals surface area contributed by atoms with E-state index in [2.05, 4.69) is 83.7 Å². The first-order valence-corrected chi connectivity index (χ1v) is 32.8. The number of pyridine rings is 2. The molecule has 8 heterocycles. The van der Waals surface area contributed by atoms with Crippen molar-refractivity contribution in [2.75, 3.05) is 106 Å². The van der Waals surface area contributed by atoms with Gasteiger partial charge in [0, 0.05) is 107 Å². The number of carbonyl (C=O) groups is 1. The molecule has 0 radical (unpaired) electrons. The Balaban J connectivity index is 0.745. The molecule has 6 aromatic rings. The van der Waals surface area contributed by atoms with Gasteiger partial charge >= 0.3 is 0 Å². The number of nitrogens with zero attached hydrogens (tertiary/aromatic N) is 8. The van der Waals surface area contributed by atoms with Gasteiger partial charge < -0.3 is 53.8 Å². The van der Waals surface area contributed by atoms with Gasteiger partial charge in [0.15, 0.2) is 11.6 Å². The summed E-state index contributed by atoms with van der Waals surface area (Å²) >= 11 is 0. The fourth-order valence-corrected chi connectivity index (χ4v) is 15.7. The van der Waals surface area contributed by atoms with Gasteiger partial charge in [-0.25, -0.2) is 18.1 Å². The first-order chi connectivity index (χ1) is 42.5. The Morgan fingerprint density at radius 3 is 2.47 bits per heavy atom. The minimum absolute atomic E-state index is 0.0235. The van der Waals surface area contributed by atoms with Crippen molar-refractivity contribution < 1.29 is 46.9 Å². The van der Waals surface area contributed by atoms with Gasteiger partial charge in [-0.1, -0.05) is 18.2 Å². The fraction of sp³-hybridized carbons (Fsp3) is 0.523. The highest BCUT2D eigenvalue weighted by atomic mass is 32.2. The van der Waals surface area contributed by atoms with Gasteiger partial charge in [0.05, 0.1) is 71.8 Å². The molecule has 4 saturated heterocycles. The second-order valence-corrected chi connectivity index (χ2v) is 27.5. The lowest BCUT2D eigenvalue weighted by molar-refractivity contribution is -0.384. The van der Waals surface area contributed by atoms with E-state index in [1.807, 2.05) is 43.6 Å². The van der Waals surface area contributed by atoms with E-state index in [-0.39, 0.29) is 47.4 Å². The number of carbonyl (C=O) groups excluding carboxylic acids is 1. The number of amides is 1. The smallest absolute Gasteiger partial charge is 0.293 e. The number of nitro benzene ring substituents is 1. The van der Waals surface area contributed by atoms with E-state index in [4.69, 9.17) is 33.7 Å². The molecular weight excluding hydrogens is 1140 g/mol. The molecule has 13 rings (SSSR count). The van der Waals surface area contributed by atoms with Crippen LogP contribution in [0.15, 0.2) is 96.2 Å². The molecule has 5 aliphatic heterocycles. The molecule has 3 aromatic heterocycles. The topological polar surface area (TPSA) is 243 Å². The van der Waals surface area contributed by atoms with E-state index in [9.17, 15) is 28.4 Å². The molecule has 6 fully saturated rings. The number of nitrogens with one attached hydrogen (secondary N) is 3. The van der Waals surface area contributed by atoms with Crippen molar-refractivity contribution in [3.63, 3.8) is 0 Å². The Morgan fingerprint density at radius 1 is 0.898 bits per heavy atom. The number of H-pyrrole nitrogens is 1. The molecule has 0 bridgehead atoms. The predicted octanol–water partition coefficient (Wildman–Crippen LogP) is 8.97. The summed E-state index contributed by atoms with van der Waals surface area (Å²) in [6, 6.07) is 24.0. The highest BCUT2D eigenvalue weighted by Gasteiger charge is 2.51. The molecule has 88 heavy (non-hydrogen) atoms. The largest absolute Gasteiger partial charge is 0.493 e. The van der Waals surface area contributed by atoms with E-state index in [1.165, 1.54) is 17.7 Å². The van der Waals surface area contributed by atoms with Crippen LogP contribution in [0.1, 0.15) is 106 Å². The number of piperidine rings is 1. The zero-order valence-electron chi connectivity index (χ0n) is 50.7. The van der Waals surface area contributed by atoms with E-state index in [0.29, 0.717) is 74.6 Å². The molecule has 1 amide bonds. The minimum Gasteiger partial charge on any atom is -0.493 e. The minimum atomic E-state index is -4.66. The van der Waals surface area contributed by atoms with Crippen LogP contribution in [0.5, 0.6) is 17.4 Å². The summed E-state index contributed by atoms with van der Waals surface area (Å²) in [6.07, 6.45) is 10.8. The Kier molecular flexibility index (Phi) is 16.7. The second kappa shape index (κ2) is 24.6. The quantitative estimate of drug-likeness (QED) is 0.0492. The standard InChI is InChI=1S/C65H81N11O11S/c1-42(2)86-57-8-6-5-7-49(57)56-40-71(39-44-31-58(83-4)61(68-38-44)73-26-29-84-30-27-73)24-25-74(56)47-35-65(36-47)19-22-72(23-20-65)46-9-11-50(53(33-46)75-52-16-28-85-41-59(52)87-63-55(75)32-45-15-21-66-60(45)69-63)62(77)70-88(81,82)48-10-12-51(54(34-48)76(79)80)67-37-43-13-17-64(3,78)18-14-43/h5-12,15,21,31-34,38,42-43,47,52,56,59,67,78H,13-14,16-20,22-30,35-37,39-41H2,1-4H3,(H,66,69)(H,70,77)/t43?,52-,56+,59-,64?/m0/s1. The first-order valence-electron chi connectivity index (χ1n) is 31.3. The first kappa shape index (κ1) is 59.7. The van der Waals surface area contributed by atoms with Crippen LogP contribution in [0.4, 0.5) is 34.3 Å². The maximum atomic E-state index is 14.9. The predicted molar refractivity (Wildman–Crippen MR) is 335 cm³/mol. The molecule has 1 spiro atoms. The van der Waals surface area contributed by atoms with Crippen LogP contribution in [0, 0.1) is 21.4 Å². The van der Waals surface area contributed by atoms with Gasteiger partial charge in [-0.3, -0.25) is 24.7 Å². The van der Waals surface area contributed by atoms with Gasteiger partial charge in [0.25, 0.3) is 21.6 Å². The summed E-state index contributed by atoms with van der Waals surface area (Å²) in [7, 11) is -2.94. The van der Waals surface area contributed by atoms with Crippen molar-refractivity contribution >= 4 is 61.2 Å². The Hall–Kier alpha value is -7.28. The number of para-hydroxylation sites is 1. The average molecular weight is 1220 g/mol. The lowest BCUT2D eigenvalue weighted by atomic mass is 9.59. The third kappa shape index (κ3) is 12.3. The monoisotopic (exact) mass is 1220 g/mol. The third-order valence-electron chi connectivity index (χ3n) is 19.5. The van der Waals surface area contributed by atoms with Gasteiger partial charge in [0.2, 0.25) is 5.88 Å². The number of aromatic amines is 1. The number of morpholine rings is 1. The van der Waals surface area contributed by atoms with E-state index >= 15 is 0 Å². The lowest BCUT2D eigenvalue weighted by Crippen LogP contribution is -2.59. The number of aromatic nitrogens is 3. The number of benzene rings is 3. The van der Waals surface area contributed by atoms with E-state index in [1.54, 1.807) is 13.2 Å². The number of aliphatic hydroxyl groups is 1. The van der Waals surface area contributed by atoms with Crippen molar-refractivity contribution in [1.82, 2.24) is 29.5 Å². The van der Waals surface area contributed by atoms with Crippen molar-refractivity contribution in [2.45, 2.75) is 126 Å². The van der Waals surface area contributed by atoms with Crippen LogP contribution < -0.4 is 38.9 Å². The summed E-state index contributed by atoms with van der Waals surface area (Å²) < 4.78 is 61.5. The summed E-state index contributed by atoms with van der Waals surface area (Å²) in [5.74, 6) is 2.21. The third-order valence-corrected chi connectivity index (χ3v) is 20.9. The molecule has 23 heteroatoms. The van der Waals surface area contributed by atoms with Gasteiger partial charge in [-0.05, 0) is 150 Å². The molecule has 4 N–H and O–H groups in total. The number of ether oxygens (including phenoxy) is 5.